The summed E-state index contributed by atoms with van der Waals surface area (Å²) < 4.78 is 1.95. The van der Waals surface area contributed by atoms with Crippen molar-refractivity contribution in [2.24, 2.45) is 0 Å². The van der Waals surface area contributed by atoms with Gasteiger partial charge in [0.2, 0.25) is 5.82 Å². The third-order valence-corrected chi connectivity index (χ3v) is 2.93. The number of hydrogen-bond donors (Lipinski definition) is 1. The smallest absolute Gasteiger partial charge is 0.294 e. The van der Waals surface area contributed by atoms with Crippen LogP contribution in [0.2, 0.25) is 0 Å². The predicted molar refractivity (Wildman–Crippen MR) is 65.2 cm³/mol. The monoisotopic (exact) mass is 243 g/mol. The molecule has 0 saturated heterocycles. The first kappa shape index (κ1) is 10.9. The van der Waals surface area contributed by atoms with Crippen molar-refractivity contribution in [1.29, 1.82) is 0 Å². The largest absolute Gasteiger partial charge is 0.302 e. The zero-order chi connectivity index (χ0) is 12.4. The molecule has 6 nitrogen and oxygen atoms in total. The van der Waals surface area contributed by atoms with Crippen LogP contribution >= 0.6 is 0 Å². The van der Waals surface area contributed by atoms with E-state index in [1.54, 1.807) is 18.5 Å². The van der Waals surface area contributed by atoms with Crippen LogP contribution in [0.25, 0.3) is 0 Å². The first-order valence-corrected chi connectivity index (χ1v) is 5.98. The number of aromatic nitrogens is 4. The average Bonchev–Trinajstić information content (AvgIpc) is 2.82. The number of fused-ring (bicyclic) bond motifs is 1. The Kier molecular flexibility index (Phi) is 2.76. The van der Waals surface area contributed by atoms with Crippen LogP contribution in [0, 0.1) is 0 Å². The van der Waals surface area contributed by atoms with Gasteiger partial charge in [0, 0.05) is 30.7 Å². The normalized spacial score (nSPS) is 14.0. The lowest BCUT2D eigenvalue weighted by Crippen LogP contribution is -2.16. The van der Waals surface area contributed by atoms with Gasteiger partial charge >= 0.3 is 0 Å². The molecule has 0 aromatic carbocycles. The highest BCUT2D eigenvalue weighted by molar-refractivity contribution is 6.00. The van der Waals surface area contributed by atoms with E-state index < -0.39 is 0 Å². The van der Waals surface area contributed by atoms with E-state index in [1.165, 1.54) is 12.1 Å². The zero-order valence-electron chi connectivity index (χ0n) is 9.83. The molecule has 92 valence electrons. The highest BCUT2D eigenvalue weighted by Crippen LogP contribution is 2.17. The molecule has 0 atom stereocenters. The Balaban J connectivity index is 1.77. The summed E-state index contributed by atoms with van der Waals surface area (Å²) in [4.78, 5) is 19.6. The third-order valence-electron chi connectivity index (χ3n) is 2.93. The van der Waals surface area contributed by atoms with Gasteiger partial charge in [0.25, 0.3) is 5.91 Å². The molecule has 0 aliphatic carbocycles. The Morgan fingerprint density at radius 2 is 2.11 bits per heavy atom. The molecule has 0 saturated carbocycles. The summed E-state index contributed by atoms with van der Waals surface area (Å²) in [5, 5.41) is 7.06. The fourth-order valence-corrected chi connectivity index (χ4v) is 2.07. The van der Waals surface area contributed by atoms with Gasteiger partial charge in [-0.2, -0.15) is 5.10 Å². The number of nitrogens with zero attached hydrogens (tertiary/aromatic N) is 4. The quantitative estimate of drug-likeness (QED) is 0.861. The van der Waals surface area contributed by atoms with Crippen LogP contribution in [0.1, 0.15) is 29.2 Å². The van der Waals surface area contributed by atoms with Crippen molar-refractivity contribution in [1.82, 2.24) is 19.7 Å². The molecule has 0 spiro atoms. The molecule has 3 heterocycles. The Bertz CT molecular complexity index is 540. The van der Waals surface area contributed by atoms with Crippen molar-refractivity contribution in [2.45, 2.75) is 25.8 Å². The molecule has 0 radical (unpaired) electrons. The van der Waals surface area contributed by atoms with Crippen molar-refractivity contribution in [3.05, 3.63) is 36.0 Å². The van der Waals surface area contributed by atoms with Gasteiger partial charge in [-0.25, -0.2) is 9.97 Å². The molecule has 18 heavy (non-hydrogen) atoms. The second-order valence-corrected chi connectivity index (χ2v) is 4.23. The molecule has 6 heteroatoms. The van der Waals surface area contributed by atoms with Gasteiger partial charge in [-0.1, -0.05) is 0 Å². The molecule has 0 fully saturated rings. The molecular weight excluding hydrogens is 230 g/mol. The highest BCUT2D eigenvalue weighted by atomic mass is 16.2. The van der Waals surface area contributed by atoms with E-state index in [4.69, 9.17) is 0 Å². The Labute approximate surface area is 104 Å². The highest BCUT2D eigenvalue weighted by Gasteiger charge is 2.15. The van der Waals surface area contributed by atoms with Gasteiger partial charge < -0.3 is 5.32 Å². The molecule has 0 bridgehead atoms. The number of carbonyl (C=O) groups excluding carboxylic acids is 1. The number of carbonyl (C=O) groups is 1. The van der Waals surface area contributed by atoms with Crippen LogP contribution in [-0.4, -0.2) is 25.7 Å². The molecule has 2 aromatic heterocycles. The van der Waals surface area contributed by atoms with E-state index >= 15 is 0 Å². The number of hydrogen-bond acceptors (Lipinski definition) is 4. The summed E-state index contributed by atoms with van der Waals surface area (Å²) in [5.74, 6) is 0.402. The second-order valence-electron chi connectivity index (χ2n) is 4.23. The molecule has 1 amide bonds. The maximum Gasteiger partial charge on any atom is 0.294 e. The SMILES string of the molecule is O=C(Nc1cc2n(n1)CCCC2)c1ncccn1. The summed E-state index contributed by atoms with van der Waals surface area (Å²) in [6, 6.07) is 3.59. The van der Waals surface area contributed by atoms with E-state index in [1.807, 2.05) is 10.7 Å². The van der Waals surface area contributed by atoms with E-state index in [2.05, 4.69) is 20.4 Å². The number of rotatable bonds is 2. The van der Waals surface area contributed by atoms with Crippen LogP contribution in [0.5, 0.6) is 0 Å². The maximum atomic E-state index is 11.8. The summed E-state index contributed by atoms with van der Waals surface area (Å²) in [7, 11) is 0. The minimum absolute atomic E-state index is 0.156. The van der Waals surface area contributed by atoms with Crippen LogP contribution in [0.15, 0.2) is 24.5 Å². The number of anilines is 1. The second kappa shape index (κ2) is 4.56. The fourth-order valence-electron chi connectivity index (χ4n) is 2.07. The molecule has 1 aliphatic heterocycles. The Morgan fingerprint density at radius 3 is 2.89 bits per heavy atom. The first-order chi connectivity index (χ1) is 8.83. The van der Waals surface area contributed by atoms with Crippen molar-refractivity contribution in [3.8, 4) is 0 Å². The molecule has 1 N–H and O–H groups in total. The summed E-state index contributed by atoms with van der Waals surface area (Å²) in [5.41, 5.74) is 1.17. The van der Waals surface area contributed by atoms with Gasteiger partial charge in [0.1, 0.15) is 0 Å². The molecular formula is C12H13N5O. The standard InChI is InChI=1S/C12H13N5O/c18-12(11-13-5-3-6-14-11)15-10-8-9-4-1-2-7-17(9)16-10/h3,5-6,8H,1-2,4,7H2,(H,15,16,18). The number of nitrogens with one attached hydrogen (secondary N) is 1. The van der Waals surface area contributed by atoms with Gasteiger partial charge in [-0.15, -0.1) is 0 Å². The third kappa shape index (κ3) is 2.09. The van der Waals surface area contributed by atoms with Crippen LogP contribution in [0.4, 0.5) is 5.82 Å². The fraction of sp³-hybridized carbons (Fsp3) is 0.333. The lowest BCUT2D eigenvalue weighted by atomic mass is 10.1. The Hall–Kier alpha value is -2.24. The van der Waals surface area contributed by atoms with E-state index in [9.17, 15) is 4.79 Å². The van der Waals surface area contributed by atoms with Gasteiger partial charge in [0.15, 0.2) is 5.82 Å². The topological polar surface area (TPSA) is 72.7 Å². The van der Waals surface area contributed by atoms with Crippen molar-refractivity contribution >= 4 is 11.7 Å². The minimum Gasteiger partial charge on any atom is -0.302 e. The molecule has 2 aromatic rings. The van der Waals surface area contributed by atoms with E-state index in [0.717, 1.165) is 19.4 Å². The van der Waals surface area contributed by atoms with Crippen molar-refractivity contribution in [3.63, 3.8) is 0 Å². The summed E-state index contributed by atoms with van der Waals surface area (Å²) in [6.45, 7) is 0.924. The van der Waals surface area contributed by atoms with Crippen molar-refractivity contribution < 1.29 is 4.79 Å². The van der Waals surface area contributed by atoms with Crippen molar-refractivity contribution in [2.75, 3.05) is 5.32 Å². The average molecular weight is 243 g/mol. The van der Waals surface area contributed by atoms with Crippen LogP contribution in [0.3, 0.4) is 0 Å². The van der Waals surface area contributed by atoms with Crippen LogP contribution in [-0.2, 0) is 13.0 Å². The van der Waals surface area contributed by atoms with Gasteiger partial charge in [0.05, 0.1) is 0 Å². The molecule has 3 rings (SSSR count). The Morgan fingerprint density at radius 1 is 1.28 bits per heavy atom. The van der Waals surface area contributed by atoms with E-state index in [0.29, 0.717) is 5.82 Å². The molecule has 1 aliphatic rings. The van der Waals surface area contributed by atoms with E-state index in [-0.39, 0.29) is 11.7 Å². The minimum atomic E-state index is -0.328. The lowest BCUT2D eigenvalue weighted by molar-refractivity contribution is 0.101. The lowest BCUT2D eigenvalue weighted by Gasteiger charge is -2.11. The zero-order valence-corrected chi connectivity index (χ0v) is 9.83. The maximum absolute atomic E-state index is 11.8. The molecule has 0 unspecified atom stereocenters. The van der Waals surface area contributed by atoms with Gasteiger partial charge in [-0.3, -0.25) is 9.48 Å². The summed E-state index contributed by atoms with van der Waals surface area (Å²) >= 11 is 0. The number of amides is 1. The predicted octanol–water partition coefficient (Wildman–Crippen LogP) is 1.26. The van der Waals surface area contributed by atoms with Crippen LogP contribution < -0.4 is 5.32 Å². The van der Waals surface area contributed by atoms with Gasteiger partial charge in [-0.05, 0) is 25.3 Å². The summed E-state index contributed by atoms with van der Waals surface area (Å²) in [6.07, 6.45) is 6.43. The first-order valence-electron chi connectivity index (χ1n) is 5.98. The number of aryl methyl sites for hydroxylation is 2.